The van der Waals surface area contributed by atoms with E-state index in [2.05, 4.69) is 29.6 Å². The molecule has 156 valence electrons. The van der Waals surface area contributed by atoms with Gasteiger partial charge in [-0.1, -0.05) is 50.0 Å². The number of carboxylic acid groups (broad SMARTS) is 1. The summed E-state index contributed by atoms with van der Waals surface area (Å²) in [6.07, 6.45) is 23.7. The van der Waals surface area contributed by atoms with Gasteiger partial charge in [0.05, 0.1) is 12.5 Å². The molecule has 0 aliphatic carbocycles. The number of rotatable bonds is 19. The van der Waals surface area contributed by atoms with E-state index < -0.39 is 12.5 Å². The normalized spacial score (nSPS) is 11.0. The van der Waals surface area contributed by atoms with Gasteiger partial charge in [0.25, 0.3) is 0 Å². The molecule has 0 aromatic heterocycles. The molecule has 0 atom stereocenters. The molecule has 1 amide bonds. The summed E-state index contributed by atoms with van der Waals surface area (Å²) < 4.78 is 0. The minimum absolute atomic E-state index is 0. The van der Waals surface area contributed by atoms with Crippen molar-refractivity contribution in [3.63, 3.8) is 0 Å². The number of hydrogen-bond acceptors (Lipinski definition) is 4. The Labute approximate surface area is 193 Å². The third kappa shape index (κ3) is 25.4. The number of carboxylic acids is 1. The van der Waals surface area contributed by atoms with E-state index in [4.69, 9.17) is 5.11 Å². The molecule has 0 spiro atoms. The standard InChI is InChI=1S/C22H39NO4.Na/c24-19-17-15-13-11-9-7-5-3-1-2-4-6-8-10-12-14-16-18-21(25)23-20-22(26)27;/h7,9-10,12,24H,1-6,8,11,13-20H2,(H,23,25)(H,26,27);/q;+1/p-1. The summed E-state index contributed by atoms with van der Waals surface area (Å²) in [6.45, 7) is -0.0942. The molecule has 0 rings (SSSR count). The van der Waals surface area contributed by atoms with E-state index in [0.717, 1.165) is 38.5 Å². The van der Waals surface area contributed by atoms with Crippen molar-refractivity contribution in [1.29, 1.82) is 0 Å². The van der Waals surface area contributed by atoms with Gasteiger partial charge in [-0.15, -0.1) is 0 Å². The molecule has 0 aromatic rings. The summed E-state index contributed by atoms with van der Waals surface area (Å²) in [6, 6.07) is 0. The fraction of sp³-hybridized carbons (Fsp3) is 0.727. The third-order valence-corrected chi connectivity index (χ3v) is 4.31. The maximum absolute atomic E-state index is 11.3. The molecular weight excluding hydrogens is 365 g/mol. The van der Waals surface area contributed by atoms with Crippen molar-refractivity contribution in [3.8, 4) is 0 Å². The van der Waals surface area contributed by atoms with Crippen LogP contribution in [0.3, 0.4) is 0 Å². The van der Waals surface area contributed by atoms with Crippen LogP contribution in [0.2, 0.25) is 0 Å². The molecule has 0 aromatic carbocycles. The first-order valence-corrected chi connectivity index (χ1v) is 10.5. The first-order valence-electron chi connectivity index (χ1n) is 10.5. The van der Waals surface area contributed by atoms with E-state index in [0.29, 0.717) is 13.0 Å². The molecule has 0 fully saturated rings. The first kappa shape index (κ1) is 29.6. The number of carbonyl (C=O) groups excluding carboxylic acids is 2. The molecule has 0 heterocycles. The predicted octanol–water partition coefficient (Wildman–Crippen LogP) is 0.423. The fourth-order valence-corrected chi connectivity index (χ4v) is 2.72. The minimum Gasteiger partial charge on any atom is -0.548 e. The molecule has 0 saturated carbocycles. The number of nitrogens with one attached hydrogen (secondary N) is 1. The Morgan fingerprint density at radius 3 is 1.61 bits per heavy atom. The van der Waals surface area contributed by atoms with Crippen LogP contribution in [0.25, 0.3) is 0 Å². The Morgan fingerprint density at radius 2 is 1.14 bits per heavy atom. The topological polar surface area (TPSA) is 89.5 Å². The van der Waals surface area contributed by atoms with Crippen LogP contribution in [0.4, 0.5) is 0 Å². The number of carbonyl (C=O) groups is 2. The van der Waals surface area contributed by atoms with Crippen molar-refractivity contribution < 1.29 is 49.4 Å². The quantitative estimate of drug-likeness (QED) is 0.186. The van der Waals surface area contributed by atoms with Crippen LogP contribution in [0.5, 0.6) is 0 Å². The van der Waals surface area contributed by atoms with E-state index in [1.165, 1.54) is 44.9 Å². The average Bonchev–Trinajstić information content (AvgIpc) is 2.65. The zero-order valence-corrected chi connectivity index (χ0v) is 19.8. The van der Waals surface area contributed by atoms with Crippen LogP contribution >= 0.6 is 0 Å². The van der Waals surface area contributed by atoms with Crippen LogP contribution in [-0.2, 0) is 9.59 Å². The Kier molecular flexibility index (Phi) is 25.8. The van der Waals surface area contributed by atoms with Gasteiger partial charge in [-0.3, -0.25) is 4.79 Å². The van der Waals surface area contributed by atoms with Crippen molar-refractivity contribution in [3.05, 3.63) is 24.3 Å². The Morgan fingerprint density at radius 1 is 0.714 bits per heavy atom. The minimum atomic E-state index is -1.26. The van der Waals surface area contributed by atoms with E-state index in [9.17, 15) is 14.7 Å². The molecule has 0 radical (unpaired) electrons. The Balaban J connectivity index is 0. The van der Waals surface area contributed by atoms with Crippen LogP contribution in [0.1, 0.15) is 89.9 Å². The second-order valence-electron chi connectivity index (χ2n) is 6.90. The van der Waals surface area contributed by atoms with Crippen LogP contribution < -0.4 is 40.0 Å². The summed E-state index contributed by atoms with van der Waals surface area (Å²) in [5.41, 5.74) is 0. The smallest absolute Gasteiger partial charge is 0.548 e. The van der Waals surface area contributed by atoms with Crippen LogP contribution in [-0.4, -0.2) is 30.1 Å². The summed E-state index contributed by atoms with van der Waals surface area (Å²) in [4.78, 5) is 21.5. The van der Waals surface area contributed by atoms with Crippen molar-refractivity contribution in [1.82, 2.24) is 5.32 Å². The van der Waals surface area contributed by atoms with Gasteiger partial charge in [-0.2, -0.15) is 0 Å². The molecular formula is C22H38NNaO4. The zero-order valence-electron chi connectivity index (χ0n) is 17.8. The van der Waals surface area contributed by atoms with Crippen molar-refractivity contribution in [2.45, 2.75) is 89.9 Å². The largest absolute Gasteiger partial charge is 1.00 e. The average molecular weight is 404 g/mol. The van der Waals surface area contributed by atoms with Gasteiger partial charge < -0.3 is 20.3 Å². The summed E-state index contributed by atoms with van der Waals surface area (Å²) in [7, 11) is 0. The Hall–Kier alpha value is -0.620. The van der Waals surface area contributed by atoms with E-state index in [1.54, 1.807) is 0 Å². The van der Waals surface area contributed by atoms with Crippen molar-refractivity contribution in [2.75, 3.05) is 13.2 Å². The van der Waals surface area contributed by atoms with Crippen LogP contribution in [0, 0.1) is 0 Å². The molecule has 6 heteroatoms. The van der Waals surface area contributed by atoms with E-state index >= 15 is 0 Å². The summed E-state index contributed by atoms with van der Waals surface area (Å²) in [5.74, 6) is -1.49. The van der Waals surface area contributed by atoms with Gasteiger partial charge in [-0.05, 0) is 57.8 Å². The number of aliphatic hydroxyl groups is 1. The number of allylic oxidation sites excluding steroid dienone is 4. The monoisotopic (exact) mass is 403 g/mol. The molecule has 5 nitrogen and oxygen atoms in total. The number of hydrogen-bond donors (Lipinski definition) is 2. The first-order chi connectivity index (χ1) is 13.2. The molecule has 0 aliphatic heterocycles. The molecule has 0 unspecified atom stereocenters. The van der Waals surface area contributed by atoms with Crippen molar-refractivity contribution in [2.24, 2.45) is 0 Å². The SMILES string of the molecule is O=C([O-])CNC(=O)CCCC=CCCCCCCCC=CCCCCCO.[Na+]. The van der Waals surface area contributed by atoms with Gasteiger partial charge in [-0.25, -0.2) is 0 Å². The van der Waals surface area contributed by atoms with Gasteiger partial charge in [0.1, 0.15) is 0 Å². The fourth-order valence-electron chi connectivity index (χ4n) is 2.72. The third-order valence-electron chi connectivity index (χ3n) is 4.31. The number of aliphatic hydroxyl groups excluding tert-OH is 1. The number of unbranched alkanes of at least 4 members (excludes halogenated alkanes) is 10. The van der Waals surface area contributed by atoms with Crippen molar-refractivity contribution >= 4 is 11.9 Å². The molecule has 0 saturated heterocycles. The van der Waals surface area contributed by atoms with E-state index in [-0.39, 0.29) is 35.5 Å². The van der Waals surface area contributed by atoms with Gasteiger partial charge in [0.2, 0.25) is 5.91 Å². The number of aliphatic carboxylic acids is 1. The molecule has 0 aliphatic rings. The zero-order chi connectivity index (χ0) is 20.0. The van der Waals surface area contributed by atoms with Crippen LogP contribution in [0.15, 0.2) is 24.3 Å². The molecule has 2 N–H and O–H groups in total. The maximum atomic E-state index is 11.3. The maximum Gasteiger partial charge on any atom is 1.00 e. The summed E-state index contributed by atoms with van der Waals surface area (Å²) >= 11 is 0. The van der Waals surface area contributed by atoms with E-state index in [1.807, 2.05) is 0 Å². The van der Waals surface area contributed by atoms with Gasteiger partial charge in [0.15, 0.2) is 0 Å². The van der Waals surface area contributed by atoms with Gasteiger partial charge >= 0.3 is 29.6 Å². The molecule has 28 heavy (non-hydrogen) atoms. The molecule has 0 bridgehead atoms. The predicted molar refractivity (Wildman–Crippen MR) is 108 cm³/mol. The van der Waals surface area contributed by atoms with Gasteiger partial charge in [0, 0.05) is 13.0 Å². The number of amides is 1. The Bertz CT molecular complexity index is 425. The second kappa shape index (κ2) is 24.4. The summed E-state index contributed by atoms with van der Waals surface area (Å²) in [5, 5.41) is 21.2. The second-order valence-corrected chi connectivity index (χ2v) is 6.90.